The monoisotopic (exact) mass is 526 g/mol. The molecule has 0 saturated carbocycles. The maximum atomic E-state index is 13.9. The van der Waals surface area contributed by atoms with Gasteiger partial charge in [0, 0.05) is 44.1 Å². The van der Waals surface area contributed by atoms with Gasteiger partial charge in [0.2, 0.25) is 5.78 Å². The van der Waals surface area contributed by atoms with E-state index in [-0.39, 0.29) is 60.3 Å². The number of aliphatic carboxylic acids is 1. The number of carboxylic acid groups (broad SMARTS) is 1. The molecule has 5 rings (SSSR count). The van der Waals surface area contributed by atoms with Crippen LogP contribution in [-0.2, 0) is 25.5 Å². The van der Waals surface area contributed by atoms with Gasteiger partial charge in [-0.25, -0.2) is 4.79 Å². The normalized spacial score (nSPS) is 26.6. The van der Waals surface area contributed by atoms with Gasteiger partial charge in [0.25, 0.3) is 5.91 Å². The number of benzene rings is 1. The minimum Gasteiger partial charge on any atom is -0.511 e. The molecular weight excluding hydrogens is 500 g/mol. The topological polar surface area (TPSA) is 208 Å². The highest BCUT2D eigenvalue weighted by molar-refractivity contribution is 6.24. The molecule has 12 nitrogen and oxygen atoms in total. The number of rotatable bonds is 4. The molecule has 1 heterocycles. The predicted molar refractivity (Wildman–Crippen MR) is 130 cm³/mol. The summed E-state index contributed by atoms with van der Waals surface area (Å²) in [5.74, 6) is -8.56. The maximum Gasteiger partial charge on any atom is 0.335 e. The number of carbonyl (C=O) groups excluding carboxylic acids is 3. The van der Waals surface area contributed by atoms with Crippen LogP contribution in [-0.4, -0.2) is 75.3 Å². The molecular formula is C26H26N2O10. The molecule has 0 spiro atoms. The van der Waals surface area contributed by atoms with Crippen LogP contribution in [0.15, 0.2) is 34.3 Å². The Morgan fingerprint density at radius 1 is 1.16 bits per heavy atom. The summed E-state index contributed by atoms with van der Waals surface area (Å²) in [6.07, 6.45) is -0.0830. The lowest BCUT2D eigenvalue weighted by molar-refractivity contribution is -0.144. The minimum absolute atomic E-state index is 0.00965. The number of primary amides is 1. The molecule has 38 heavy (non-hydrogen) atoms. The second-order valence-corrected chi connectivity index (χ2v) is 10.2. The number of ketones is 2. The van der Waals surface area contributed by atoms with Gasteiger partial charge < -0.3 is 40.9 Å². The molecule has 7 N–H and O–H groups in total. The Morgan fingerprint density at radius 2 is 1.84 bits per heavy atom. The van der Waals surface area contributed by atoms with Crippen molar-refractivity contribution in [3.8, 4) is 5.75 Å². The minimum atomic E-state index is -2.67. The first-order valence-electron chi connectivity index (χ1n) is 11.9. The molecule has 1 aromatic rings. The second kappa shape index (κ2) is 8.35. The lowest BCUT2D eigenvalue weighted by Crippen LogP contribution is -2.57. The fourth-order valence-electron chi connectivity index (χ4n) is 6.14. The first-order valence-corrected chi connectivity index (χ1v) is 11.9. The number of aromatic hydroxyl groups is 1. The van der Waals surface area contributed by atoms with Gasteiger partial charge in [-0.1, -0.05) is 0 Å². The van der Waals surface area contributed by atoms with Gasteiger partial charge >= 0.3 is 5.97 Å². The van der Waals surface area contributed by atoms with Gasteiger partial charge in [-0.3, -0.25) is 14.4 Å². The number of amides is 1. The number of fused-ring (bicyclic) bond motifs is 3. The number of carbonyl (C=O) groups is 4. The Labute approximate surface area is 215 Å². The van der Waals surface area contributed by atoms with Crippen LogP contribution < -0.4 is 10.6 Å². The third-order valence-corrected chi connectivity index (χ3v) is 7.90. The van der Waals surface area contributed by atoms with E-state index in [1.165, 1.54) is 6.07 Å². The first kappa shape index (κ1) is 25.3. The van der Waals surface area contributed by atoms with Crippen LogP contribution in [0.3, 0.4) is 0 Å². The van der Waals surface area contributed by atoms with Crippen LogP contribution in [0, 0.1) is 11.8 Å². The van der Waals surface area contributed by atoms with E-state index in [1.807, 2.05) is 0 Å². The van der Waals surface area contributed by atoms with Crippen LogP contribution >= 0.6 is 0 Å². The van der Waals surface area contributed by atoms with Crippen molar-refractivity contribution in [1.82, 2.24) is 0 Å². The fourth-order valence-corrected chi connectivity index (χ4v) is 6.14. The van der Waals surface area contributed by atoms with E-state index in [0.29, 0.717) is 11.3 Å². The molecule has 0 aromatic heterocycles. The smallest absolute Gasteiger partial charge is 0.335 e. The third-order valence-electron chi connectivity index (χ3n) is 7.90. The maximum absolute atomic E-state index is 13.9. The zero-order chi connectivity index (χ0) is 27.8. The number of nitrogens with zero attached hydrogens (tertiary/aromatic N) is 1. The molecule has 0 saturated heterocycles. The van der Waals surface area contributed by atoms with Gasteiger partial charge in [-0.2, -0.15) is 0 Å². The zero-order valence-electron chi connectivity index (χ0n) is 20.6. The number of aliphatic hydroxyl groups is 3. The molecule has 0 bridgehead atoms. The molecule has 4 aliphatic rings. The number of ether oxygens (including phenoxy) is 1. The van der Waals surface area contributed by atoms with E-state index in [0.717, 1.165) is 0 Å². The van der Waals surface area contributed by atoms with Gasteiger partial charge in [0.1, 0.15) is 28.6 Å². The molecule has 0 unspecified atom stereocenters. The molecule has 12 heteroatoms. The van der Waals surface area contributed by atoms with Crippen LogP contribution in [0.5, 0.6) is 5.75 Å². The highest BCUT2D eigenvalue weighted by Gasteiger charge is 2.59. The van der Waals surface area contributed by atoms with E-state index < -0.39 is 63.7 Å². The lowest BCUT2D eigenvalue weighted by atomic mass is 9.60. The van der Waals surface area contributed by atoms with Gasteiger partial charge in [0.05, 0.1) is 23.3 Å². The Kier molecular flexibility index (Phi) is 5.57. The summed E-state index contributed by atoms with van der Waals surface area (Å²) in [7, 11) is 3.42. The van der Waals surface area contributed by atoms with E-state index in [2.05, 4.69) is 0 Å². The van der Waals surface area contributed by atoms with Gasteiger partial charge in [-0.05, 0) is 30.4 Å². The van der Waals surface area contributed by atoms with Crippen molar-refractivity contribution in [1.29, 1.82) is 0 Å². The number of hydrogen-bond donors (Lipinski definition) is 6. The number of carboxylic acids is 1. The van der Waals surface area contributed by atoms with Crippen molar-refractivity contribution in [2.45, 2.75) is 31.3 Å². The number of hydrogen-bond acceptors (Lipinski definition) is 10. The molecule has 3 atom stereocenters. The van der Waals surface area contributed by atoms with Crippen LogP contribution in [0.2, 0.25) is 0 Å². The van der Waals surface area contributed by atoms with Crippen molar-refractivity contribution < 1.29 is 49.4 Å². The summed E-state index contributed by atoms with van der Waals surface area (Å²) in [6.45, 7) is 0.0752. The molecule has 1 aromatic carbocycles. The Hall–Kier alpha value is -4.32. The summed E-state index contributed by atoms with van der Waals surface area (Å²) in [5.41, 5.74) is 2.06. The van der Waals surface area contributed by atoms with Crippen molar-refractivity contribution >= 4 is 34.9 Å². The highest BCUT2D eigenvalue weighted by atomic mass is 16.5. The SMILES string of the molecule is CN(C)c1cc(C2=C(C(=O)O)CCO2)c(O)c2c1C[C@H]1C[C@H]3CC(O)=C(C(N)=O)C(=O)[C@@]3(O)C(O)=C1C2=O. The van der Waals surface area contributed by atoms with E-state index in [9.17, 15) is 44.7 Å². The number of phenolic OH excluding ortho intramolecular Hbond substituents is 1. The van der Waals surface area contributed by atoms with Gasteiger partial charge in [0.15, 0.2) is 11.4 Å². The van der Waals surface area contributed by atoms with Crippen LogP contribution in [0.1, 0.15) is 40.7 Å². The van der Waals surface area contributed by atoms with Crippen molar-refractivity contribution in [2.24, 2.45) is 17.6 Å². The number of anilines is 1. The number of phenols is 1. The van der Waals surface area contributed by atoms with Crippen molar-refractivity contribution in [3.05, 3.63) is 51.0 Å². The van der Waals surface area contributed by atoms with E-state index in [1.54, 1.807) is 19.0 Å². The van der Waals surface area contributed by atoms with E-state index in [4.69, 9.17) is 10.5 Å². The van der Waals surface area contributed by atoms with Crippen LogP contribution in [0.25, 0.3) is 5.76 Å². The summed E-state index contributed by atoms with van der Waals surface area (Å²) in [4.78, 5) is 52.2. The Balaban J connectivity index is 1.73. The third kappa shape index (κ3) is 3.26. The predicted octanol–water partition coefficient (Wildman–Crippen LogP) is 0.863. The summed E-state index contributed by atoms with van der Waals surface area (Å²) in [5, 5.41) is 53.7. The summed E-state index contributed by atoms with van der Waals surface area (Å²) >= 11 is 0. The number of nitrogens with two attached hydrogens (primary N) is 1. The first-order chi connectivity index (χ1) is 17.8. The Bertz CT molecular complexity index is 1450. The second-order valence-electron chi connectivity index (χ2n) is 10.2. The largest absolute Gasteiger partial charge is 0.511 e. The van der Waals surface area contributed by atoms with Gasteiger partial charge in [-0.15, -0.1) is 0 Å². The summed E-state index contributed by atoms with van der Waals surface area (Å²) in [6, 6.07) is 1.54. The number of allylic oxidation sites excluding steroid dienone is 2. The number of aliphatic hydroxyl groups excluding tert-OH is 2. The Morgan fingerprint density at radius 3 is 2.45 bits per heavy atom. The molecule has 1 aliphatic heterocycles. The molecule has 0 fully saturated rings. The zero-order valence-corrected chi connectivity index (χ0v) is 20.6. The molecule has 200 valence electrons. The molecule has 0 radical (unpaired) electrons. The number of Topliss-reactive ketones (excluding diaryl/α,β-unsaturated/α-hetero) is 2. The standard InChI is InChI=1S/C26H26N2O10/c1-28(2)14-8-13(21-11(25(35)36)3-4-38-21)19(30)17-12(14)6-9-5-10-7-15(29)18(24(27)34)23(33)26(10,37)22(32)16(9)20(17)31/h8-10,29-30,32,37H,3-7H2,1-2H3,(H2,27,34)(H,35,36)/t9-,10+,26+/m1/s1. The van der Waals surface area contributed by atoms with E-state index >= 15 is 0 Å². The fraction of sp³-hybridized carbons (Fsp3) is 0.385. The van der Waals surface area contributed by atoms with Crippen molar-refractivity contribution in [3.63, 3.8) is 0 Å². The molecule has 3 aliphatic carbocycles. The average Bonchev–Trinajstić information content (AvgIpc) is 3.31. The van der Waals surface area contributed by atoms with Crippen LogP contribution in [0.4, 0.5) is 5.69 Å². The lowest BCUT2D eigenvalue weighted by Gasteiger charge is -2.46. The summed E-state index contributed by atoms with van der Waals surface area (Å²) < 4.78 is 5.52. The van der Waals surface area contributed by atoms with Crippen molar-refractivity contribution in [2.75, 3.05) is 25.6 Å². The molecule has 1 amide bonds. The quantitative estimate of drug-likeness (QED) is 0.303. The highest BCUT2D eigenvalue weighted by Crippen LogP contribution is 2.53. The average molecular weight is 526 g/mol.